The lowest BCUT2D eigenvalue weighted by molar-refractivity contribution is 0.300. The van der Waals surface area contributed by atoms with Crippen LogP contribution in [0.15, 0.2) is 0 Å². The molecular formula is C16H33N. The lowest BCUT2D eigenvalue weighted by atomic mass is 9.86. The van der Waals surface area contributed by atoms with E-state index in [-0.39, 0.29) is 0 Å². The van der Waals surface area contributed by atoms with E-state index in [2.05, 4.69) is 33.0 Å². The maximum atomic E-state index is 3.77. The zero-order valence-corrected chi connectivity index (χ0v) is 12.5. The van der Waals surface area contributed by atoms with Gasteiger partial charge in [0.05, 0.1) is 0 Å². The van der Waals surface area contributed by atoms with Gasteiger partial charge in [-0.05, 0) is 43.6 Å². The zero-order chi connectivity index (χ0) is 12.7. The van der Waals surface area contributed by atoms with Crippen molar-refractivity contribution in [3.63, 3.8) is 0 Å². The van der Waals surface area contributed by atoms with Crippen LogP contribution in [0.3, 0.4) is 0 Å². The van der Waals surface area contributed by atoms with Gasteiger partial charge in [-0.25, -0.2) is 0 Å². The number of hydrogen-bond acceptors (Lipinski definition) is 1. The first-order chi connectivity index (χ1) is 8.01. The van der Waals surface area contributed by atoms with Crippen molar-refractivity contribution in [2.75, 3.05) is 6.54 Å². The van der Waals surface area contributed by atoms with Crippen LogP contribution < -0.4 is 5.32 Å². The number of hydrogen-bond donors (Lipinski definition) is 1. The van der Waals surface area contributed by atoms with E-state index < -0.39 is 0 Å². The molecule has 1 nitrogen and oxygen atoms in total. The molecule has 0 saturated heterocycles. The first-order valence-electron chi connectivity index (χ1n) is 7.74. The van der Waals surface area contributed by atoms with Crippen molar-refractivity contribution in [3.8, 4) is 0 Å². The molecule has 0 aromatic rings. The van der Waals surface area contributed by atoms with E-state index >= 15 is 0 Å². The average Bonchev–Trinajstić information content (AvgIpc) is 2.73. The predicted molar refractivity (Wildman–Crippen MR) is 77.3 cm³/mol. The minimum absolute atomic E-state index is 0.488. The van der Waals surface area contributed by atoms with Gasteiger partial charge in [0, 0.05) is 6.04 Å². The standard InChI is InChI=1S/C16H33N/c1-5-12-17-15(10-11-16(2,3)4)13-14-8-6-7-9-14/h14-15,17H,5-13H2,1-4H3. The predicted octanol–water partition coefficient (Wildman–Crippen LogP) is 4.76. The molecule has 0 bridgehead atoms. The molecule has 1 N–H and O–H groups in total. The lowest BCUT2D eigenvalue weighted by Crippen LogP contribution is -2.32. The van der Waals surface area contributed by atoms with Crippen LogP contribution in [0.5, 0.6) is 0 Å². The Morgan fingerprint density at radius 2 is 1.82 bits per heavy atom. The Balaban J connectivity index is 2.30. The first kappa shape index (κ1) is 15.0. The van der Waals surface area contributed by atoms with E-state index in [4.69, 9.17) is 0 Å². The summed E-state index contributed by atoms with van der Waals surface area (Å²) in [6.07, 6.45) is 11.3. The van der Waals surface area contributed by atoms with E-state index in [1.807, 2.05) is 0 Å². The molecule has 0 spiro atoms. The van der Waals surface area contributed by atoms with Crippen LogP contribution >= 0.6 is 0 Å². The summed E-state index contributed by atoms with van der Waals surface area (Å²) >= 11 is 0. The molecule has 1 aliphatic rings. The summed E-state index contributed by atoms with van der Waals surface area (Å²) in [6.45, 7) is 10.5. The summed E-state index contributed by atoms with van der Waals surface area (Å²) in [5.41, 5.74) is 0.488. The van der Waals surface area contributed by atoms with Crippen molar-refractivity contribution in [2.24, 2.45) is 11.3 Å². The third kappa shape index (κ3) is 7.08. The normalized spacial score (nSPS) is 19.8. The smallest absolute Gasteiger partial charge is 0.00698 e. The van der Waals surface area contributed by atoms with E-state index in [0.717, 1.165) is 12.0 Å². The Morgan fingerprint density at radius 1 is 1.18 bits per heavy atom. The Kier molecular flexibility index (Phi) is 6.54. The minimum atomic E-state index is 0.488. The van der Waals surface area contributed by atoms with Crippen molar-refractivity contribution in [3.05, 3.63) is 0 Å². The molecule has 1 aliphatic carbocycles. The Hall–Kier alpha value is -0.0400. The summed E-state index contributed by atoms with van der Waals surface area (Å²) < 4.78 is 0. The third-order valence-electron chi connectivity index (χ3n) is 4.02. The fraction of sp³-hybridized carbons (Fsp3) is 1.00. The maximum Gasteiger partial charge on any atom is 0.00698 e. The van der Waals surface area contributed by atoms with Crippen LogP contribution in [0, 0.1) is 11.3 Å². The molecule has 0 amide bonds. The largest absolute Gasteiger partial charge is 0.314 e. The van der Waals surface area contributed by atoms with Crippen LogP contribution in [0.4, 0.5) is 0 Å². The molecule has 0 heterocycles. The second kappa shape index (κ2) is 7.41. The molecular weight excluding hydrogens is 206 g/mol. The molecule has 102 valence electrons. The van der Waals surface area contributed by atoms with Crippen molar-refractivity contribution < 1.29 is 0 Å². The van der Waals surface area contributed by atoms with Crippen LogP contribution in [-0.2, 0) is 0 Å². The molecule has 0 aromatic heterocycles. The summed E-state index contributed by atoms with van der Waals surface area (Å²) in [5.74, 6) is 1.02. The fourth-order valence-corrected chi connectivity index (χ4v) is 2.91. The Labute approximate surface area is 109 Å². The zero-order valence-electron chi connectivity index (χ0n) is 12.5. The molecule has 1 unspecified atom stereocenters. The highest BCUT2D eigenvalue weighted by molar-refractivity contribution is 4.77. The van der Waals surface area contributed by atoms with Gasteiger partial charge in [-0.15, -0.1) is 0 Å². The molecule has 17 heavy (non-hydrogen) atoms. The second-order valence-electron chi connectivity index (χ2n) is 7.14. The van der Waals surface area contributed by atoms with Gasteiger partial charge < -0.3 is 5.32 Å². The fourth-order valence-electron chi connectivity index (χ4n) is 2.91. The van der Waals surface area contributed by atoms with E-state index in [1.54, 1.807) is 0 Å². The van der Waals surface area contributed by atoms with Crippen molar-refractivity contribution >= 4 is 0 Å². The molecule has 1 fully saturated rings. The third-order valence-corrected chi connectivity index (χ3v) is 4.02. The minimum Gasteiger partial charge on any atom is -0.314 e. The Morgan fingerprint density at radius 3 is 2.35 bits per heavy atom. The summed E-state index contributed by atoms with van der Waals surface area (Å²) in [7, 11) is 0. The highest BCUT2D eigenvalue weighted by atomic mass is 14.9. The Bertz CT molecular complexity index is 186. The van der Waals surface area contributed by atoms with E-state index in [0.29, 0.717) is 5.41 Å². The molecule has 1 rings (SSSR count). The van der Waals surface area contributed by atoms with Gasteiger partial charge >= 0.3 is 0 Å². The van der Waals surface area contributed by atoms with Gasteiger partial charge in [-0.3, -0.25) is 0 Å². The molecule has 0 aromatic carbocycles. The maximum absolute atomic E-state index is 3.77. The van der Waals surface area contributed by atoms with Gasteiger partial charge in [0.25, 0.3) is 0 Å². The van der Waals surface area contributed by atoms with Crippen molar-refractivity contribution in [1.29, 1.82) is 0 Å². The van der Waals surface area contributed by atoms with E-state index in [1.165, 1.54) is 57.9 Å². The quantitative estimate of drug-likeness (QED) is 0.675. The molecule has 1 atom stereocenters. The molecule has 0 radical (unpaired) electrons. The highest BCUT2D eigenvalue weighted by Crippen LogP contribution is 2.31. The van der Waals surface area contributed by atoms with Gasteiger partial charge in [-0.1, -0.05) is 53.4 Å². The van der Waals surface area contributed by atoms with Gasteiger partial charge in [-0.2, -0.15) is 0 Å². The number of nitrogens with one attached hydrogen (secondary N) is 1. The topological polar surface area (TPSA) is 12.0 Å². The van der Waals surface area contributed by atoms with Crippen molar-refractivity contribution in [2.45, 2.75) is 85.1 Å². The van der Waals surface area contributed by atoms with Crippen LogP contribution in [0.1, 0.15) is 79.1 Å². The van der Waals surface area contributed by atoms with Gasteiger partial charge in [0.2, 0.25) is 0 Å². The summed E-state index contributed by atoms with van der Waals surface area (Å²) in [6, 6.07) is 0.775. The van der Waals surface area contributed by atoms with Gasteiger partial charge in [0.15, 0.2) is 0 Å². The SMILES string of the molecule is CCCNC(CCC(C)(C)C)CC1CCCC1. The summed E-state index contributed by atoms with van der Waals surface area (Å²) in [4.78, 5) is 0. The molecule has 0 aliphatic heterocycles. The van der Waals surface area contributed by atoms with Crippen molar-refractivity contribution in [1.82, 2.24) is 5.32 Å². The average molecular weight is 239 g/mol. The van der Waals surface area contributed by atoms with Crippen LogP contribution in [-0.4, -0.2) is 12.6 Å². The first-order valence-corrected chi connectivity index (χ1v) is 7.74. The second-order valence-corrected chi connectivity index (χ2v) is 7.14. The monoisotopic (exact) mass is 239 g/mol. The summed E-state index contributed by atoms with van der Waals surface area (Å²) in [5, 5.41) is 3.77. The highest BCUT2D eigenvalue weighted by Gasteiger charge is 2.21. The van der Waals surface area contributed by atoms with E-state index in [9.17, 15) is 0 Å². The van der Waals surface area contributed by atoms with Crippen LogP contribution in [0.25, 0.3) is 0 Å². The molecule has 1 saturated carbocycles. The van der Waals surface area contributed by atoms with Gasteiger partial charge in [0.1, 0.15) is 0 Å². The van der Waals surface area contributed by atoms with Crippen LogP contribution in [0.2, 0.25) is 0 Å². The molecule has 1 heteroatoms. The lowest BCUT2D eigenvalue weighted by Gasteiger charge is -2.26. The number of rotatable bonds is 7.